The van der Waals surface area contributed by atoms with Gasteiger partial charge >= 0.3 is 0 Å². The number of carbonyl (C=O) groups excluding carboxylic acids is 1. The summed E-state index contributed by atoms with van der Waals surface area (Å²) in [5, 5.41) is 2.99. The van der Waals surface area contributed by atoms with E-state index in [1.165, 1.54) is 5.56 Å². The number of carbonyl (C=O) groups is 1. The lowest BCUT2D eigenvalue weighted by atomic mass is 10.0. The SMILES string of the molecule is Cc1cc(C)c(NC(=O)C(C)CCCN)c(Br)c1. The number of nitrogens with one attached hydrogen (secondary N) is 1. The van der Waals surface area contributed by atoms with Gasteiger partial charge in [0.05, 0.1) is 5.69 Å². The summed E-state index contributed by atoms with van der Waals surface area (Å²) in [6.07, 6.45) is 1.70. The molecule has 1 atom stereocenters. The molecule has 3 nitrogen and oxygen atoms in total. The maximum atomic E-state index is 12.0. The van der Waals surface area contributed by atoms with Crippen molar-refractivity contribution in [1.29, 1.82) is 0 Å². The molecule has 0 saturated carbocycles. The third-order valence-electron chi connectivity index (χ3n) is 2.97. The van der Waals surface area contributed by atoms with E-state index < -0.39 is 0 Å². The molecule has 18 heavy (non-hydrogen) atoms. The molecule has 0 radical (unpaired) electrons. The number of rotatable bonds is 5. The van der Waals surface area contributed by atoms with Gasteiger partial charge in [-0.1, -0.05) is 13.0 Å². The molecule has 0 aliphatic carbocycles. The van der Waals surface area contributed by atoms with Crippen LogP contribution < -0.4 is 11.1 Å². The number of benzene rings is 1. The fourth-order valence-electron chi connectivity index (χ4n) is 1.88. The van der Waals surface area contributed by atoms with Crippen LogP contribution in [0.15, 0.2) is 16.6 Å². The Morgan fingerprint density at radius 2 is 2.11 bits per heavy atom. The Kier molecular flexibility index (Phi) is 5.82. The Morgan fingerprint density at radius 1 is 1.44 bits per heavy atom. The number of hydrogen-bond donors (Lipinski definition) is 2. The molecule has 0 heterocycles. The monoisotopic (exact) mass is 312 g/mol. The van der Waals surface area contributed by atoms with Gasteiger partial charge in [0.1, 0.15) is 0 Å². The van der Waals surface area contributed by atoms with Gasteiger partial charge in [0, 0.05) is 10.4 Å². The first kappa shape index (κ1) is 15.2. The van der Waals surface area contributed by atoms with Crippen LogP contribution in [0.1, 0.15) is 30.9 Å². The van der Waals surface area contributed by atoms with Crippen molar-refractivity contribution in [3.63, 3.8) is 0 Å². The first-order valence-electron chi connectivity index (χ1n) is 6.23. The lowest BCUT2D eigenvalue weighted by molar-refractivity contribution is -0.119. The van der Waals surface area contributed by atoms with Gasteiger partial charge in [0.2, 0.25) is 5.91 Å². The molecule has 100 valence electrons. The maximum Gasteiger partial charge on any atom is 0.227 e. The highest BCUT2D eigenvalue weighted by atomic mass is 79.9. The fourth-order valence-corrected chi connectivity index (χ4v) is 2.65. The lowest BCUT2D eigenvalue weighted by Gasteiger charge is -2.15. The largest absolute Gasteiger partial charge is 0.330 e. The summed E-state index contributed by atoms with van der Waals surface area (Å²) in [4.78, 5) is 12.0. The number of hydrogen-bond acceptors (Lipinski definition) is 2. The zero-order chi connectivity index (χ0) is 13.7. The Labute approximate surface area is 117 Å². The molecular formula is C14H21BrN2O. The number of aryl methyl sites for hydroxylation is 2. The van der Waals surface area contributed by atoms with Crippen LogP contribution >= 0.6 is 15.9 Å². The Bertz CT molecular complexity index is 409. The van der Waals surface area contributed by atoms with Crippen molar-refractivity contribution in [2.75, 3.05) is 11.9 Å². The number of halogens is 1. The standard InChI is InChI=1S/C14H21BrN2O/c1-9-7-11(3)13(12(15)8-9)17-14(18)10(2)5-4-6-16/h7-8,10H,4-6,16H2,1-3H3,(H,17,18). The van der Waals surface area contributed by atoms with Gasteiger partial charge in [-0.25, -0.2) is 0 Å². The molecule has 0 bridgehead atoms. The molecule has 3 N–H and O–H groups in total. The zero-order valence-electron chi connectivity index (χ0n) is 11.2. The van der Waals surface area contributed by atoms with Crippen LogP contribution in [0.25, 0.3) is 0 Å². The summed E-state index contributed by atoms with van der Waals surface area (Å²) in [6.45, 7) is 6.60. The highest BCUT2D eigenvalue weighted by Gasteiger charge is 2.15. The van der Waals surface area contributed by atoms with E-state index in [0.29, 0.717) is 6.54 Å². The second kappa shape index (κ2) is 6.90. The molecule has 0 aliphatic heterocycles. The third kappa shape index (κ3) is 4.10. The van der Waals surface area contributed by atoms with Crippen molar-refractivity contribution in [3.05, 3.63) is 27.7 Å². The first-order valence-corrected chi connectivity index (χ1v) is 7.02. The van der Waals surface area contributed by atoms with Crippen molar-refractivity contribution in [2.24, 2.45) is 11.7 Å². The minimum atomic E-state index is -0.0128. The van der Waals surface area contributed by atoms with Crippen LogP contribution in [0.3, 0.4) is 0 Å². The third-order valence-corrected chi connectivity index (χ3v) is 3.59. The van der Waals surface area contributed by atoms with Gasteiger partial charge in [-0.05, 0) is 66.4 Å². The van der Waals surface area contributed by atoms with Gasteiger partial charge in [0.25, 0.3) is 0 Å². The molecule has 1 aromatic rings. The minimum absolute atomic E-state index is 0.0128. The Hall–Kier alpha value is -0.870. The van der Waals surface area contributed by atoms with Gasteiger partial charge < -0.3 is 11.1 Å². The quantitative estimate of drug-likeness (QED) is 0.875. The predicted molar refractivity (Wildman–Crippen MR) is 79.7 cm³/mol. The molecule has 0 aliphatic rings. The minimum Gasteiger partial charge on any atom is -0.330 e. The van der Waals surface area contributed by atoms with Crippen molar-refractivity contribution < 1.29 is 4.79 Å². The van der Waals surface area contributed by atoms with E-state index in [2.05, 4.69) is 27.3 Å². The fraction of sp³-hybridized carbons (Fsp3) is 0.500. The molecule has 1 aromatic carbocycles. The average Bonchev–Trinajstić information content (AvgIpc) is 2.30. The number of amides is 1. The van der Waals surface area contributed by atoms with Crippen molar-refractivity contribution in [2.45, 2.75) is 33.6 Å². The van der Waals surface area contributed by atoms with Crippen molar-refractivity contribution in [1.82, 2.24) is 0 Å². The van der Waals surface area contributed by atoms with Crippen LogP contribution in [0.4, 0.5) is 5.69 Å². The zero-order valence-corrected chi connectivity index (χ0v) is 12.8. The molecule has 1 unspecified atom stereocenters. The number of anilines is 1. The van der Waals surface area contributed by atoms with Crippen molar-refractivity contribution in [3.8, 4) is 0 Å². The van der Waals surface area contributed by atoms with Gasteiger partial charge in [-0.15, -0.1) is 0 Å². The molecule has 0 aromatic heterocycles. The first-order chi connectivity index (χ1) is 8.45. The van der Waals surface area contributed by atoms with E-state index in [4.69, 9.17) is 5.73 Å². The topological polar surface area (TPSA) is 55.1 Å². The van der Waals surface area contributed by atoms with E-state index in [1.807, 2.05) is 26.8 Å². The summed E-state index contributed by atoms with van der Waals surface area (Å²) in [5.74, 6) is 0.0391. The van der Waals surface area contributed by atoms with Crippen LogP contribution in [0, 0.1) is 19.8 Å². The van der Waals surface area contributed by atoms with Crippen LogP contribution in [-0.4, -0.2) is 12.5 Å². The summed E-state index contributed by atoms with van der Waals surface area (Å²) in [7, 11) is 0. The molecule has 0 spiro atoms. The summed E-state index contributed by atoms with van der Waals surface area (Å²) < 4.78 is 0.930. The summed E-state index contributed by atoms with van der Waals surface area (Å²) >= 11 is 3.49. The van der Waals surface area contributed by atoms with E-state index in [0.717, 1.165) is 28.6 Å². The van der Waals surface area contributed by atoms with Crippen LogP contribution in [0.2, 0.25) is 0 Å². The second-order valence-corrected chi connectivity index (χ2v) is 5.61. The summed E-state index contributed by atoms with van der Waals surface area (Å²) in [6, 6.07) is 4.07. The second-order valence-electron chi connectivity index (χ2n) is 4.76. The van der Waals surface area contributed by atoms with Crippen LogP contribution in [-0.2, 0) is 4.79 Å². The number of nitrogens with two attached hydrogens (primary N) is 1. The molecule has 0 saturated heterocycles. The normalized spacial score (nSPS) is 12.3. The maximum absolute atomic E-state index is 12.0. The highest BCUT2D eigenvalue weighted by molar-refractivity contribution is 9.10. The van der Waals surface area contributed by atoms with E-state index in [-0.39, 0.29) is 11.8 Å². The Balaban J connectivity index is 2.76. The van der Waals surface area contributed by atoms with Gasteiger partial charge in [-0.2, -0.15) is 0 Å². The summed E-state index contributed by atoms with van der Waals surface area (Å²) in [5.41, 5.74) is 8.57. The molecule has 4 heteroatoms. The van der Waals surface area contributed by atoms with E-state index in [1.54, 1.807) is 0 Å². The van der Waals surface area contributed by atoms with Crippen LogP contribution in [0.5, 0.6) is 0 Å². The average molecular weight is 313 g/mol. The molecule has 0 fully saturated rings. The molecular weight excluding hydrogens is 292 g/mol. The molecule has 1 amide bonds. The van der Waals surface area contributed by atoms with Gasteiger partial charge in [-0.3, -0.25) is 4.79 Å². The Morgan fingerprint density at radius 3 is 2.67 bits per heavy atom. The van der Waals surface area contributed by atoms with Crippen molar-refractivity contribution >= 4 is 27.5 Å². The predicted octanol–water partition coefficient (Wildman–Crippen LogP) is 3.38. The lowest BCUT2D eigenvalue weighted by Crippen LogP contribution is -2.22. The highest BCUT2D eigenvalue weighted by Crippen LogP contribution is 2.28. The molecule has 1 rings (SSSR count). The van der Waals surface area contributed by atoms with E-state index >= 15 is 0 Å². The smallest absolute Gasteiger partial charge is 0.227 e. The van der Waals surface area contributed by atoms with E-state index in [9.17, 15) is 4.79 Å². The van der Waals surface area contributed by atoms with Gasteiger partial charge in [0.15, 0.2) is 0 Å².